The number of aromatic nitrogens is 2. The summed E-state index contributed by atoms with van der Waals surface area (Å²) in [4.78, 5) is 10.5. The largest absolute Gasteiger partial charge is 0.340 e. The van der Waals surface area contributed by atoms with E-state index in [1.54, 1.807) is 5.56 Å². The number of para-hydroxylation sites is 2. The van der Waals surface area contributed by atoms with Crippen LogP contribution in [0.15, 0.2) is 54.6 Å². The van der Waals surface area contributed by atoms with E-state index >= 15 is 0 Å². The van der Waals surface area contributed by atoms with Gasteiger partial charge in [-0.2, -0.15) is 0 Å². The van der Waals surface area contributed by atoms with Gasteiger partial charge in [-0.05, 0) is 43.4 Å². The quantitative estimate of drug-likeness (QED) is 0.537. The molecule has 5 heteroatoms. The lowest BCUT2D eigenvalue weighted by Crippen LogP contribution is -2.50. The van der Waals surface area contributed by atoms with Gasteiger partial charge in [0, 0.05) is 50.8 Å². The Morgan fingerprint density at radius 2 is 1.44 bits per heavy atom. The standard InChI is InChI=1S/C29H39N5/c1-2-9-17-29(16-8-1,24-10-4-3-5-11-24)33-20-14-25(15-21-33)34-27-13-7-6-12-26(27)31-28(34)32-22-18-30-19-23-32/h3-7,10-13,25,30H,1-2,8-9,14-23H2. The van der Waals surface area contributed by atoms with Crippen molar-refractivity contribution >= 4 is 17.0 Å². The summed E-state index contributed by atoms with van der Waals surface area (Å²) >= 11 is 0. The first-order valence-corrected chi connectivity index (χ1v) is 13.6. The molecular formula is C29H39N5. The maximum atomic E-state index is 5.14. The number of nitrogens with one attached hydrogen (secondary N) is 1. The van der Waals surface area contributed by atoms with E-state index in [1.165, 1.54) is 75.9 Å². The van der Waals surface area contributed by atoms with E-state index in [9.17, 15) is 0 Å². The van der Waals surface area contributed by atoms with Crippen LogP contribution in [0.1, 0.15) is 63.0 Å². The molecule has 3 aromatic rings. The van der Waals surface area contributed by atoms with Gasteiger partial charge in [-0.25, -0.2) is 4.98 Å². The molecule has 2 saturated heterocycles. The number of piperidine rings is 1. The van der Waals surface area contributed by atoms with Crippen molar-refractivity contribution in [3.63, 3.8) is 0 Å². The Hall–Kier alpha value is -2.37. The number of hydrogen-bond donors (Lipinski definition) is 1. The van der Waals surface area contributed by atoms with E-state index in [4.69, 9.17) is 4.98 Å². The minimum atomic E-state index is 0.223. The topological polar surface area (TPSA) is 36.3 Å². The normalized spacial score (nSPS) is 22.6. The summed E-state index contributed by atoms with van der Waals surface area (Å²) < 4.78 is 2.60. The molecule has 3 aliphatic rings. The SMILES string of the molecule is c1ccc(C2(N3CCC(n4c(N5CCNCC5)nc5ccccc54)CC3)CCCCCC2)cc1. The van der Waals surface area contributed by atoms with E-state index < -0.39 is 0 Å². The monoisotopic (exact) mass is 457 g/mol. The van der Waals surface area contributed by atoms with Gasteiger partial charge in [0.25, 0.3) is 0 Å². The molecule has 1 saturated carbocycles. The van der Waals surface area contributed by atoms with Gasteiger partial charge in [0.1, 0.15) is 0 Å². The van der Waals surface area contributed by atoms with Crippen LogP contribution >= 0.6 is 0 Å². The van der Waals surface area contributed by atoms with Crippen LogP contribution in [0.5, 0.6) is 0 Å². The lowest BCUT2D eigenvalue weighted by molar-refractivity contribution is 0.0361. The van der Waals surface area contributed by atoms with Crippen molar-refractivity contribution in [1.82, 2.24) is 19.8 Å². The predicted molar refractivity (Wildman–Crippen MR) is 140 cm³/mol. The number of likely N-dealkylation sites (tertiary alicyclic amines) is 1. The van der Waals surface area contributed by atoms with Crippen LogP contribution in [0, 0.1) is 0 Å². The van der Waals surface area contributed by atoms with Crippen molar-refractivity contribution in [3.8, 4) is 0 Å². The Balaban J connectivity index is 1.29. The Bertz CT molecular complexity index is 1070. The fourth-order valence-corrected chi connectivity index (χ4v) is 6.88. The van der Waals surface area contributed by atoms with Crippen LogP contribution in [-0.4, -0.2) is 53.7 Å². The number of fused-ring (bicyclic) bond motifs is 1. The zero-order valence-corrected chi connectivity index (χ0v) is 20.5. The molecule has 0 radical (unpaired) electrons. The number of imidazole rings is 1. The van der Waals surface area contributed by atoms with Gasteiger partial charge in [0.05, 0.1) is 11.0 Å². The van der Waals surface area contributed by atoms with Crippen LogP contribution in [0.25, 0.3) is 11.0 Å². The van der Waals surface area contributed by atoms with Gasteiger partial charge >= 0.3 is 0 Å². The van der Waals surface area contributed by atoms with Crippen molar-refractivity contribution in [3.05, 3.63) is 60.2 Å². The van der Waals surface area contributed by atoms with Gasteiger partial charge < -0.3 is 14.8 Å². The molecular weight excluding hydrogens is 418 g/mol. The molecule has 0 unspecified atom stereocenters. The smallest absolute Gasteiger partial charge is 0.206 e. The number of rotatable bonds is 4. The summed E-state index contributed by atoms with van der Waals surface area (Å²) in [7, 11) is 0. The molecule has 2 aromatic carbocycles. The van der Waals surface area contributed by atoms with Crippen molar-refractivity contribution < 1.29 is 0 Å². The Labute approximate surface area is 204 Å². The van der Waals surface area contributed by atoms with E-state index in [0.29, 0.717) is 6.04 Å². The molecule has 5 nitrogen and oxygen atoms in total. The van der Waals surface area contributed by atoms with Crippen molar-refractivity contribution in [2.75, 3.05) is 44.2 Å². The highest BCUT2D eigenvalue weighted by atomic mass is 15.3. The summed E-state index contributed by atoms with van der Waals surface area (Å²) in [5.74, 6) is 1.19. The minimum Gasteiger partial charge on any atom is -0.340 e. The van der Waals surface area contributed by atoms with E-state index in [-0.39, 0.29) is 5.54 Å². The number of benzene rings is 2. The lowest BCUT2D eigenvalue weighted by Gasteiger charge is -2.48. The molecule has 2 aliphatic heterocycles. The number of nitrogens with zero attached hydrogens (tertiary/aromatic N) is 4. The van der Waals surface area contributed by atoms with Crippen LogP contribution in [0.3, 0.4) is 0 Å². The Morgan fingerprint density at radius 1 is 0.765 bits per heavy atom. The zero-order valence-electron chi connectivity index (χ0n) is 20.5. The fraction of sp³-hybridized carbons (Fsp3) is 0.552. The van der Waals surface area contributed by atoms with Gasteiger partial charge in [-0.1, -0.05) is 68.1 Å². The first-order valence-electron chi connectivity index (χ1n) is 13.6. The molecule has 1 N–H and O–H groups in total. The molecule has 0 spiro atoms. The van der Waals surface area contributed by atoms with Crippen molar-refractivity contribution in [1.29, 1.82) is 0 Å². The molecule has 1 aromatic heterocycles. The number of piperazine rings is 1. The highest BCUT2D eigenvalue weighted by Crippen LogP contribution is 2.44. The van der Waals surface area contributed by atoms with Gasteiger partial charge in [-0.3, -0.25) is 4.90 Å². The van der Waals surface area contributed by atoms with E-state index in [2.05, 4.69) is 74.3 Å². The van der Waals surface area contributed by atoms with Crippen LogP contribution in [0.4, 0.5) is 5.95 Å². The molecule has 0 bridgehead atoms. The Kier molecular flexibility index (Phi) is 6.32. The molecule has 3 fully saturated rings. The summed E-state index contributed by atoms with van der Waals surface area (Å²) in [6, 6.07) is 20.7. The molecule has 0 amide bonds. The second-order valence-corrected chi connectivity index (χ2v) is 10.5. The van der Waals surface area contributed by atoms with Crippen molar-refractivity contribution in [2.24, 2.45) is 0 Å². The third-order valence-corrected chi connectivity index (χ3v) is 8.65. The molecule has 3 heterocycles. The van der Waals surface area contributed by atoms with E-state index in [0.717, 1.165) is 31.7 Å². The molecule has 6 rings (SSSR count). The molecule has 1 aliphatic carbocycles. The molecule has 0 atom stereocenters. The average molecular weight is 458 g/mol. The van der Waals surface area contributed by atoms with Gasteiger partial charge in [0.15, 0.2) is 0 Å². The number of hydrogen-bond acceptors (Lipinski definition) is 4. The van der Waals surface area contributed by atoms with Crippen LogP contribution in [-0.2, 0) is 5.54 Å². The summed E-state index contributed by atoms with van der Waals surface area (Å²) in [6.07, 6.45) is 10.5. The number of anilines is 1. The first-order chi connectivity index (χ1) is 16.9. The molecule has 180 valence electrons. The summed E-state index contributed by atoms with van der Waals surface area (Å²) in [6.45, 7) is 6.52. The van der Waals surface area contributed by atoms with Crippen LogP contribution in [0.2, 0.25) is 0 Å². The maximum absolute atomic E-state index is 5.14. The second-order valence-electron chi connectivity index (χ2n) is 10.5. The average Bonchev–Trinajstić information content (AvgIpc) is 3.12. The highest BCUT2D eigenvalue weighted by Gasteiger charge is 2.40. The second kappa shape index (κ2) is 9.71. The van der Waals surface area contributed by atoms with Gasteiger partial charge in [0.2, 0.25) is 5.95 Å². The minimum absolute atomic E-state index is 0.223. The zero-order chi connectivity index (χ0) is 22.8. The summed E-state index contributed by atoms with van der Waals surface area (Å²) in [5, 5.41) is 3.50. The highest BCUT2D eigenvalue weighted by molar-refractivity contribution is 5.79. The fourth-order valence-electron chi connectivity index (χ4n) is 6.88. The van der Waals surface area contributed by atoms with Crippen LogP contribution < -0.4 is 10.2 Å². The Morgan fingerprint density at radius 3 is 2.18 bits per heavy atom. The van der Waals surface area contributed by atoms with E-state index in [1.807, 2.05) is 0 Å². The predicted octanol–water partition coefficient (Wildman–Crippen LogP) is 5.33. The lowest BCUT2D eigenvalue weighted by atomic mass is 9.79. The van der Waals surface area contributed by atoms with Gasteiger partial charge in [-0.15, -0.1) is 0 Å². The first kappa shape index (κ1) is 22.1. The summed E-state index contributed by atoms with van der Waals surface area (Å²) in [5.41, 5.74) is 4.22. The third kappa shape index (κ3) is 4.03. The van der Waals surface area contributed by atoms with Crippen molar-refractivity contribution in [2.45, 2.75) is 62.9 Å². The third-order valence-electron chi connectivity index (χ3n) is 8.65. The maximum Gasteiger partial charge on any atom is 0.206 e. The molecule has 34 heavy (non-hydrogen) atoms.